The Morgan fingerprint density at radius 2 is 0.694 bits per heavy atom. The highest BCUT2D eigenvalue weighted by Gasteiger charge is 2.20. The number of aliphatic hydroxyl groups is 3. The van der Waals surface area contributed by atoms with Crippen LogP contribution in [-0.4, -0.2) is 46.1 Å². The lowest BCUT2D eigenvalue weighted by molar-refractivity contribution is -0.124. The third-order valence-corrected chi connectivity index (χ3v) is 12.6. The number of hydrogen-bond acceptors (Lipinski definition) is 4. The van der Waals surface area contributed by atoms with Crippen molar-refractivity contribution in [2.75, 3.05) is 6.61 Å². The van der Waals surface area contributed by atoms with Crippen molar-refractivity contribution in [2.45, 2.75) is 302 Å². The van der Waals surface area contributed by atoms with Crippen LogP contribution in [0.2, 0.25) is 0 Å². The zero-order valence-electron chi connectivity index (χ0n) is 41.5. The highest BCUT2D eigenvalue weighted by molar-refractivity contribution is 5.76. The van der Waals surface area contributed by atoms with Crippen molar-refractivity contribution in [1.82, 2.24) is 5.32 Å². The summed E-state index contributed by atoms with van der Waals surface area (Å²) in [6.07, 6.45) is 68.6. The summed E-state index contributed by atoms with van der Waals surface area (Å²) in [7, 11) is 0. The van der Waals surface area contributed by atoms with Crippen molar-refractivity contribution >= 4 is 5.91 Å². The second-order valence-electron chi connectivity index (χ2n) is 18.8. The Kier molecular flexibility index (Phi) is 50.5. The number of carbonyl (C=O) groups is 1. The zero-order valence-corrected chi connectivity index (χ0v) is 41.5. The summed E-state index contributed by atoms with van der Waals surface area (Å²) in [5.74, 6) is -0.329. The molecule has 364 valence electrons. The molecule has 0 aliphatic heterocycles. The topological polar surface area (TPSA) is 89.8 Å². The SMILES string of the molecule is CCCCCCCCCCCCCC/C=C\CCCCCCCCCCC(O)CC(=O)NC(CO)C(O)/C=C/CC/C=C/CC/C=C/CCCCCCCCCCCCCCC. The minimum absolute atomic E-state index is 0.000160. The largest absolute Gasteiger partial charge is 0.394 e. The highest BCUT2D eigenvalue weighted by atomic mass is 16.3. The molecule has 3 unspecified atom stereocenters. The van der Waals surface area contributed by atoms with Gasteiger partial charge in [0, 0.05) is 0 Å². The Bertz CT molecular complexity index is 1000. The monoisotopic (exact) mass is 870 g/mol. The Hall–Kier alpha value is -1.69. The average Bonchev–Trinajstić information content (AvgIpc) is 3.27. The molecule has 1 amide bonds. The van der Waals surface area contributed by atoms with Gasteiger partial charge in [-0.25, -0.2) is 0 Å². The standard InChI is InChI=1S/C57H107NO4/c1-3-5-7-9-11-13-15-17-19-21-23-25-27-29-30-32-34-36-38-40-42-44-46-48-50-54(60)52-57(62)58-55(53-59)56(61)51-49-47-45-43-41-39-37-35-33-31-28-26-24-22-20-18-16-14-12-10-8-6-4-2/h29-30,33,35,41,43,49,51,54-56,59-61H,3-28,31-32,34,36-40,42,44-48,50,52-53H2,1-2H3,(H,58,62)/b30-29-,35-33+,43-41+,51-49+. The molecular formula is C57H107NO4. The van der Waals surface area contributed by atoms with Crippen LogP contribution in [0, 0.1) is 0 Å². The van der Waals surface area contributed by atoms with E-state index in [-0.39, 0.29) is 18.9 Å². The summed E-state index contributed by atoms with van der Waals surface area (Å²) in [6, 6.07) is -0.770. The lowest BCUT2D eigenvalue weighted by Gasteiger charge is -2.21. The van der Waals surface area contributed by atoms with Gasteiger partial charge < -0.3 is 20.6 Å². The minimum atomic E-state index is -0.962. The second kappa shape index (κ2) is 51.9. The molecule has 0 heterocycles. The molecule has 0 aromatic carbocycles. The van der Waals surface area contributed by atoms with Crippen LogP contribution in [0.25, 0.3) is 0 Å². The molecule has 0 radical (unpaired) electrons. The fourth-order valence-corrected chi connectivity index (χ4v) is 8.37. The maximum Gasteiger partial charge on any atom is 0.222 e. The molecule has 0 bridgehead atoms. The van der Waals surface area contributed by atoms with Crippen molar-refractivity contribution in [3.05, 3.63) is 48.6 Å². The van der Waals surface area contributed by atoms with E-state index in [1.807, 2.05) is 6.08 Å². The van der Waals surface area contributed by atoms with Crippen LogP contribution in [0.5, 0.6) is 0 Å². The molecule has 0 saturated heterocycles. The predicted octanol–water partition coefficient (Wildman–Crippen LogP) is 16.8. The number of allylic oxidation sites excluding steroid dienone is 7. The van der Waals surface area contributed by atoms with Crippen LogP contribution < -0.4 is 5.32 Å². The number of rotatable bonds is 50. The first-order valence-corrected chi connectivity index (χ1v) is 27.4. The van der Waals surface area contributed by atoms with Gasteiger partial charge in [-0.15, -0.1) is 0 Å². The predicted molar refractivity (Wildman–Crippen MR) is 273 cm³/mol. The summed E-state index contributed by atoms with van der Waals surface area (Å²) >= 11 is 0. The Morgan fingerprint density at radius 3 is 1.03 bits per heavy atom. The fraction of sp³-hybridized carbons (Fsp3) is 0.842. The van der Waals surface area contributed by atoms with Gasteiger partial charge in [0.2, 0.25) is 5.91 Å². The van der Waals surface area contributed by atoms with E-state index in [4.69, 9.17) is 0 Å². The van der Waals surface area contributed by atoms with Crippen molar-refractivity contribution in [2.24, 2.45) is 0 Å². The van der Waals surface area contributed by atoms with E-state index in [1.54, 1.807) is 6.08 Å². The van der Waals surface area contributed by atoms with E-state index in [9.17, 15) is 20.1 Å². The van der Waals surface area contributed by atoms with E-state index in [0.29, 0.717) is 6.42 Å². The number of amides is 1. The van der Waals surface area contributed by atoms with E-state index in [1.165, 1.54) is 218 Å². The quantitative estimate of drug-likeness (QED) is 0.0362. The van der Waals surface area contributed by atoms with Crippen molar-refractivity contribution in [1.29, 1.82) is 0 Å². The fourth-order valence-electron chi connectivity index (χ4n) is 8.37. The van der Waals surface area contributed by atoms with Gasteiger partial charge in [-0.2, -0.15) is 0 Å². The lowest BCUT2D eigenvalue weighted by atomic mass is 10.0. The first kappa shape index (κ1) is 60.3. The average molecular weight is 870 g/mol. The smallest absolute Gasteiger partial charge is 0.222 e. The van der Waals surface area contributed by atoms with Gasteiger partial charge in [0.25, 0.3) is 0 Å². The number of aliphatic hydroxyl groups excluding tert-OH is 3. The molecule has 0 aromatic heterocycles. The summed E-state index contributed by atoms with van der Waals surface area (Å²) < 4.78 is 0. The third kappa shape index (κ3) is 47.8. The summed E-state index contributed by atoms with van der Waals surface area (Å²) in [5, 5.41) is 33.4. The van der Waals surface area contributed by atoms with Crippen LogP contribution in [0.4, 0.5) is 0 Å². The van der Waals surface area contributed by atoms with Crippen LogP contribution in [0.15, 0.2) is 48.6 Å². The Morgan fingerprint density at radius 1 is 0.403 bits per heavy atom. The van der Waals surface area contributed by atoms with Crippen molar-refractivity contribution < 1.29 is 20.1 Å². The molecular weight excluding hydrogens is 763 g/mol. The molecule has 0 rings (SSSR count). The molecule has 4 N–H and O–H groups in total. The van der Waals surface area contributed by atoms with Gasteiger partial charge in [0.1, 0.15) is 0 Å². The molecule has 0 fully saturated rings. The first-order valence-electron chi connectivity index (χ1n) is 27.4. The van der Waals surface area contributed by atoms with Crippen LogP contribution in [0.3, 0.4) is 0 Å². The van der Waals surface area contributed by atoms with Gasteiger partial charge in [-0.3, -0.25) is 4.79 Å². The molecule has 0 aromatic rings. The van der Waals surface area contributed by atoms with Crippen molar-refractivity contribution in [3.63, 3.8) is 0 Å². The normalized spacial score (nSPS) is 13.7. The second-order valence-corrected chi connectivity index (χ2v) is 18.8. The van der Waals surface area contributed by atoms with Crippen LogP contribution in [0.1, 0.15) is 284 Å². The van der Waals surface area contributed by atoms with E-state index in [0.717, 1.165) is 38.5 Å². The molecule has 0 saturated carbocycles. The highest BCUT2D eigenvalue weighted by Crippen LogP contribution is 2.16. The van der Waals surface area contributed by atoms with E-state index in [2.05, 4.69) is 55.6 Å². The van der Waals surface area contributed by atoms with Gasteiger partial charge in [0.15, 0.2) is 0 Å². The summed E-state index contributed by atoms with van der Waals surface area (Å²) in [6.45, 7) is 4.22. The molecule has 3 atom stereocenters. The molecule has 0 spiro atoms. The molecule has 62 heavy (non-hydrogen) atoms. The molecule has 5 heteroatoms. The van der Waals surface area contributed by atoms with Gasteiger partial charge in [0.05, 0.1) is 31.3 Å². The molecule has 5 nitrogen and oxygen atoms in total. The number of nitrogens with one attached hydrogen (secondary N) is 1. The first-order chi connectivity index (χ1) is 30.5. The summed E-state index contributed by atoms with van der Waals surface area (Å²) in [4.78, 5) is 12.5. The maximum atomic E-state index is 12.5. The maximum absolute atomic E-state index is 12.5. The van der Waals surface area contributed by atoms with Gasteiger partial charge in [-0.1, -0.05) is 255 Å². The van der Waals surface area contributed by atoms with Crippen molar-refractivity contribution in [3.8, 4) is 0 Å². The number of carbonyl (C=O) groups excluding carboxylic acids is 1. The van der Waals surface area contributed by atoms with Gasteiger partial charge >= 0.3 is 0 Å². The van der Waals surface area contributed by atoms with Crippen LogP contribution >= 0.6 is 0 Å². The summed E-state index contributed by atoms with van der Waals surface area (Å²) in [5.41, 5.74) is 0. The Labute approximate surface area is 387 Å². The third-order valence-electron chi connectivity index (χ3n) is 12.6. The lowest BCUT2D eigenvalue weighted by Crippen LogP contribution is -2.45. The number of unbranched alkanes of at least 4 members (excludes halogenated alkanes) is 35. The molecule has 0 aliphatic carbocycles. The zero-order chi connectivity index (χ0) is 45.1. The Balaban J connectivity index is 3.65. The molecule has 0 aliphatic rings. The van der Waals surface area contributed by atoms with E-state index >= 15 is 0 Å². The number of hydrogen-bond donors (Lipinski definition) is 4. The minimum Gasteiger partial charge on any atom is -0.394 e. The van der Waals surface area contributed by atoms with Crippen LogP contribution in [-0.2, 0) is 4.79 Å². The van der Waals surface area contributed by atoms with Gasteiger partial charge in [-0.05, 0) is 70.6 Å². The van der Waals surface area contributed by atoms with E-state index < -0.39 is 18.2 Å².